The normalized spacial score (nSPS) is 11.3. The molecule has 3 N–H and O–H groups in total. The summed E-state index contributed by atoms with van der Waals surface area (Å²) >= 11 is 1.83. The number of anilines is 1. The van der Waals surface area contributed by atoms with Crippen molar-refractivity contribution < 1.29 is 0 Å². The van der Waals surface area contributed by atoms with Crippen LogP contribution in [0.1, 0.15) is 12.6 Å². The molecule has 0 atom stereocenters. The highest BCUT2D eigenvalue weighted by Crippen LogP contribution is 2.31. The topological polar surface area (TPSA) is 72.5 Å². The number of nitrogens with one attached hydrogen (secondary N) is 1. The monoisotopic (exact) mass is 287 g/mol. The van der Waals surface area contributed by atoms with Crippen LogP contribution in [-0.2, 0) is 12.8 Å². The van der Waals surface area contributed by atoms with E-state index in [-0.39, 0.29) is 0 Å². The zero-order chi connectivity index (χ0) is 14.1. The maximum atomic E-state index is 6.03. The van der Waals surface area contributed by atoms with E-state index in [1.807, 2.05) is 37.0 Å². The molecule has 0 unspecified atom stereocenters. The molecule has 0 spiro atoms. The van der Waals surface area contributed by atoms with E-state index in [0.29, 0.717) is 5.82 Å². The molecule has 0 saturated carbocycles. The molecule has 0 saturated heterocycles. The molecule has 5 nitrogen and oxygen atoms in total. The summed E-state index contributed by atoms with van der Waals surface area (Å²) in [6, 6.07) is 8.07. The zero-order valence-electron chi connectivity index (χ0n) is 11.6. The Balaban J connectivity index is 2.15. The summed E-state index contributed by atoms with van der Waals surface area (Å²) in [5.41, 5.74) is 10.1. The molecule has 0 aliphatic carbocycles. The van der Waals surface area contributed by atoms with Gasteiger partial charge >= 0.3 is 0 Å². The van der Waals surface area contributed by atoms with E-state index < -0.39 is 0 Å². The van der Waals surface area contributed by atoms with Gasteiger partial charge in [-0.15, -0.1) is 0 Å². The van der Waals surface area contributed by atoms with Gasteiger partial charge in [-0.3, -0.25) is 5.10 Å². The summed E-state index contributed by atoms with van der Waals surface area (Å²) in [5.74, 6) is 3.29. The number of rotatable bonds is 4. The van der Waals surface area contributed by atoms with Gasteiger partial charge in [0.15, 0.2) is 5.82 Å². The predicted molar refractivity (Wildman–Crippen MR) is 84.5 cm³/mol. The average Bonchev–Trinajstić information content (AvgIpc) is 2.98. The molecule has 0 amide bonds. The lowest BCUT2D eigenvalue weighted by molar-refractivity contribution is 0.956. The Labute approximate surface area is 121 Å². The summed E-state index contributed by atoms with van der Waals surface area (Å²) in [5, 5.41) is 7.17. The summed E-state index contributed by atoms with van der Waals surface area (Å²) < 4.78 is 2.07. The van der Waals surface area contributed by atoms with Crippen LogP contribution in [0.5, 0.6) is 0 Å². The fourth-order valence-corrected chi connectivity index (χ4v) is 2.94. The van der Waals surface area contributed by atoms with Crippen LogP contribution in [0.2, 0.25) is 0 Å². The summed E-state index contributed by atoms with van der Waals surface area (Å²) in [7, 11) is 2.01. The van der Waals surface area contributed by atoms with Gasteiger partial charge in [-0.05, 0) is 17.9 Å². The molecule has 20 heavy (non-hydrogen) atoms. The Morgan fingerprint density at radius 3 is 2.90 bits per heavy atom. The van der Waals surface area contributed by atoms with Crippen LogP contribution in [0, 0.1) is 0 Å². The molecule has 0 aliphatic rings. The lowest BCUT2D eigenvalue weighted by Gasteiger charge is -2.04. The minimum absolute atomic E-state index is 0.509. The fraction of sp³-hybridized carbons (Fsp3) is 0.286. The fourth-order valence-electron chi connectivity index (χ4n) is 2.32. The number of aryl methyl sites for hydroxylation is 1. The standard InChI is InChI=1S/C14H17N5S/c1-3-20-8-10-12(13(15)18-17-10)14-16-9-6-4-5-7-11(9)19(14)2/h4-7H,3,8H2,1-2H3,(H3,15,17,18). The SMILES string of the molecule is CCSCc1[nH]nc(N)c1-c1nc2ccccc2n1C. The first-order valence-electron chi connectivity index (χ1n) is 6.54. The van der Waals surface area contributed by atoms with Crippen LogP contribution in [-0.4, -0.2) is 25.5 Å². The van der Waals surface area contributed by atoms with Gasteiger partial charge in [-0.1, -0.05) is 19.1 Å². The number of nitrogen functional groups attached to an aromatic ring is 1. The molecule has 0 radical (unpaired) electrons. The second kappa shape index (κ2) is 5.20. The van der Waals surface area contributed by atoms with Gasteiger partial charge in [-0.25, -0.2) is 4.98 Å². The van der Waals surface area contributed by atoms with Gasteiger partial charge in [0.05, 0.1) is 22.3 Å². The van der Waals surface area contributed by atoms with Crippen molar-refractivity contribution in [2.45, 2.75) is 12.7 Å². The van der Waals surface area contributed by atoms with Crippen molar-refractivity contribution in [2.24, 2.45) is 7.05 Å². The number of thioether (sulfide) groups is 1. The molecule has 0 fully saturated rings. The highest BCUT2D eigenvalue weighted by molar-refractivity contribution is 7.98. The van der Waals surface area contributed by atoms with Gasteiger partial charge < -0.3 is 10.3 Å². The number of imidazole rings is 1. The third-order valence-corrected chi connectivity index (χ3v) is 4.23. The van der Waals surface area contributed by atoms with Gasteiger partial charge in [0, 0.05) is 12.8 Å². The van der Waals surface area contributed by atoms with Crippen LogP contribution >= 0.6 is 11.8 Å². The summed E-state index contributed by atoms with van der Waals surface area (Å²) in [6.07, 6.45) is 0. The smallest absolute Gasteiger partial charge is 0.156 e. The van der Waals surface area contributed by atoms with Crippen molar-refractivity contribution in [3.63, 3.8) is 0 Å². The van der Waals surface area contributed by atoms with Crippen molar-refractivity contribution >= 4 is 28.6 Å². The molecule has 3 aromatic rings. The van der Waals surface area contributed by atoms with E-state index in [4.69, 9.17) is 10.7 Å². The lowest BCUT2D eigenvalue weighted by atomic mass is 10.2. The Kier molecular flexibility index (Phi) is 3.40. The minimum Gasteiger partial charge on any atom is -0.382 e. The Bertz CT molecular complexity index is 743. The van der Waals surface area contributed by atoms with E-state index in [9.17, 15) is 0 Å². The second-order valence-corrected chi connectivity index (χ2v) is 5.86. The maximum absolute atomic E-state index is 6.03. The maximum Gasteiger partial charge on any atom is 0.156 e. The Morgan fingerprint density at radius 1 is 1.35 bits per heavy atom. The third kappa shape index (κ3) is 2.06. The van der Waals surface area contributed by atoms with Crippen LogP contribution in [0.3, 0.4) is 0 Å². The number of H-pyrrole nitrogens is 1. The first-order chi connectivity index (χ1) is 9.72. The Hall–Kier alpha value is -1.95. The second-order valence-electron chi connectivity index (χ2n) is 4.58. The first kappa shape index (κ1) is 13.1. The van der Waals surface area contributed by atoms with E-state index in [1.54, 1.807) is 0 Å². The number of nitrogens with two attached hydrogens (primary N) is 1. The van der Waals surface area contributed by atoms with Gasteiger partial charge in [0.2, 0.25) is 0 Å². The molecule has 1 aromatic carbocycles. The van der Waals surface area contributed by atoms with Crippen molar-refractivity contribution in [2.75, 3.05) is 11.5 Å². The van der Waals surface area contributed by atoms with Crippen molar-refractivity contribution in [1.82, 2.24) is 19.7 Å². The zero-order valence-corrected chi connectivity index (χ0v) is 12.4. The predicted octanol–water partition coefficient (Wildman–Crippen LogP) is 2.80. The molecule has 3 rings (SSSR count). The molecular weight excluding hydrogens is 270 g/mol. The average molecular weight is 287 g/mol. The highest BCUT2D eigenvalue weighted by atomic mass is 32.2. The number of para-hydroxylation sites is 2. The molecule has 6 heteroatoms. The molecule has 104 valence electrons. The summed E-state index contributed by atoms with van der Waals surface area (Å²) in [4.78, 5) is 4.70. The van der Waals surface area contributed by atoms with E-state index in [2.05, 4.69) is 27.8 Å². The highest BCUT2D eigenvalue weighted by Gasteiger charge is 2.18. The largest absolute Gasteiger partial charge is 0.382 e. The third-order valence-electron chi connectivity index (χ3n) is 3.33. The quantitative estimate of drug-likeness (QED) is 0.774. The lowest BCUT2D eigenvalue weighted by Crippen LogP contribution is -1.97. The Morgan fingerprint density at radius 2 is 2.15 bits per heavy atom. The van der Waals surface area contributed by atoms with Crippen LogP contribution < -0.4 is 5.73 Å². The molecule has 2 aromatic heterocycles. The number of nitrogens with zero attached hydrogens (tertiary/aromatic N) is 3. The van der Waals surface area contributed by atoms with Crippen LogP contribution in [0.15, 0.2) is 24.3 Å². The van der Waals surface area contributed by atoms with Crippen LogP contribution in [0.4, 0.5) is 5.82 Å². The summed E-state index contributed by atoms with van der Waals surface area (Å²) in [6.45, 7) is 2.14. The molecular formula is C14H17N5S. The molecule has 2 heterocycles. The molecule has 0 aliphatic heterocycles. The van der Waals surface area contributed by atoms with Crippen molar-refractivity contribution in [3.8, 4) is 11.4 Å². The van der Waals surface area contributed by atoms with Crippen molar-refractivity contribution in [1.29, 1.82) is 0 Å². The van der Waals surface area contributed by atoms with Gasteiger partial charge in [0.25, 0.3) is 0 Å². The van der Waals surface area contributed by atoms with Crippen molar-refractivity contribution in [3.05, 3.63) is 30.0 Å². The van der Waals surface area contributed by atoms with E-state index in [1.165, 1.54) is 0 Å². The number of hydrogen-bond donors (Lipinski definition) is 2. The number of aromatic amines is 1. The number of fused-ring (bicyclic) bond motifs is 1. The van der Waals surface area contributed by atoms with Gasteiger partial charge in [-0.2, -0.15) is 16.9 Å². The number of benzene rings is 1. The number of hydrogen-bond acceptors (Lipinski definition) is 4. The molecule has 0 bridgehead atoms. The van der Waals surface area contributed by atoms with E-state index >= 15 is 0 Å². The first-order valence-corrected chi connectivity index (χ1v) is 7.70. The number of aromatic nitrogens is 4. The minimum atomic E-state index is 0.509. The van der Waals surface area contributed by atoms with Crippen LogP contribution in [0.25, 0.3) is 22.4 Å². The van der Waals surface area contributed by atoms with Gasteiger partial charge in [0.1, 0.15) is 5.82 Å². The van der Waals surface area contributed by atoms with E-state index in [0.717, 1.165) is 39.6 Å².